The molecule has 2 rings (SSSR count). The van der Waals surface area contributed by atoms with Gasteiger partial charge < -0.3 is 15.3 Å². The van der Waals surface area contributed by atoms with Crippen molar-refractivity contribution in [2.45, 2.75) is 39.3 Å². The zero-order valence-corrected chi connectivity index (χ0v) is 10.2. The normalized spacial score (nSPS) is 43.0. The van der Waals surface area contributed by atoms with E-state index in [1.54, 1.807) is 0 Å². The Kier molecular flexibility index (Phi) is 3.06. The lowest BCUT2D eigenvalue weighted by Gasteiger charge is -2.47. The predicted molar refractivity (Wildman–Crippen MR) is 61.8 cm³/mol. The van der Waals surface area contributed by atoms with Gasteiger partial charge in [0.1, 0.15) is 0 Å². The molecule has 3 nitrogen and oxygen atoms in total. The highest BCUT2D eigenvalue weighted by Gasteiger charge is 2.49. The maximum atomic E-state index is 10.3. The van der Waals surface area contributed by atoms with Crippen LogP contribution in [0.1, 0.15) is 27.2 Å². The molecule has 88 valence electrons. The van der Waals surface area contributed by atoms with Crippen molar-refractivity contribution in [2.24, 2.45) is 11.3 Å². The van der Waals surface area contributed by atoms with Gasteiger partial charge in [0.15, 0.2) is 0 Å². The molecule has 3 heteroatoms. The van der Waals surface area contributed by atoms with Crippen LogP contribution in [0.5, 0.6) is 0 Å². The Balaban J connectivity index is 2.14. The summed E-state index contributed by atoms with van der Waals surface area (Å²) < 4.78 is 0. The Morgan fingerprint density at radius 1 is 1.47 bits per heavy atom. The quantitative estimate of drug-likeness (QED) is 0.671. The molecular weight excluding hydrogens is 188 g/mol. The third-order valence-corrected chi connectivity index (χ3v) is 4.47. The van der Waals surface area contributed by atoms with Crippen LogP contribution in [0.4, 0.5) is 0 Å². The molecule has 2 saturated heterocycles. The van der Waals surface area contributed by atoms with Crippen molar-refractivity contribution in [1.29, 1.82) is 0 Å². The SMILES string of the molecule is CC(C)N1CCC(O)C2(CNCC2C)C1. The number of hydrogen-bond donors (Lipinski definition) is 2. The second-order valence-corrected chi connectivity index (χ2v) is 5.63. The van der Waals surface area contributed by atoms with Gasteiger partial charge in [0.2, 0.25) is 0 Å². The van der Waals surface area contributed by atoms with Crippen LogP contribution in [0.15, 0.2) is 0 Å². The van der Waals surface area contributed by atoms with Crippen LogP contribution in [-0.4, -0.2) is 48.3 Å². The number of likely N-dealkylation sites (tertiary alicyclic amines) is 1. The lowest BCUT2D eigenvalue weighted by molar-refractivity contribution is -0.0636. The number of piperidine rings is 1. The Bertz CT molecular complexity index is 232. The van der Waals surface area contributed by atoms with E-state index in [4.69, 9.17) is 0 Å². The summed E-state index contributed by atoms with van der Waals surface area (Å²) in [6, 6.07) is 0.599. The number of rotatable bonds is 1. The third kappa shape index (κ3) is 1.81. The molecule has 2 aliphatic heterocycles. The molecule has 0 aromatic heterocycles. The number of hydrogen-bond acceptors (Lipinski definition) is 3. The first-order valence-corrected chi connectivity index (χ1v) is 6.19. The van der Waals surface area contributed by atoms with Crippen molar-refractivity contribution in [1.82, 2.24) is 10.2 Å². The van der Waals surface area contributed by atoms with Gasteiger partial charge in [0.05, 0.1) is 6.10 Å². The first-order chi connectivity index (χ1) is 7.06. The van der Waals surface area contributed by atoms with E-state index < -0.39 is 0 Å². The number of nitrogens with one attached hydrogen (secondary N) is 1. The lowest BCUT2D eigenvalue weighted by Crippen LogP contribution is -2.56. The molecule has 2 N–H and O–H groups in total. The maximum Gasteiger partial charge on any atom is 0.0636 e. The summed E-state index contributed by atoms with van der Waals surface area (Å²) in [6.45, 7) is 10.9. The molecule has 0 amide bonds. The van der Waals surface area contributed by atoms with E-state index in [-0.39, 0.29) is 11.5 Å². The van der Waals surface area contributed by atoms with Crippen molar-refractivity contribution in [2.75, 3.05) is 26.2 Å². The highest BCUT2D eigenvalue weighted by molar-refractivity contribution is 5.02. The van der Waals surface area contributed by atoms with E-state index in [2.05, 4.69) is 31.0 Å². The molecule has 0 aromatic rings. The predicted octanol–water partition coefficient (Wildman–Crippen LogP) is 0.687. The topological polar surface area (TPSA) is 35.5 Å². The van der Waals surface area contributed by atoms with E-state index >= 15 is 0 Å². The smallest absolute Gasteiger partial charge is 0.0636 e. The molecule has 2 aliphatic rings. The van der Waals surface area contributed by atoms with Crippen molar-refractivity contribution in [3.8, 4) is 0 Å². The van der Waals surface area contributed by atoms with E-state index in [1.165, 1.54) is 0 Å². The summed E-state index contributed by atoms with van der Waals surface area (Å²) in [5.74, 6) is 0.592. The standard InChI is InChI=1S/C12H24N2O/c1-9(2)14-5-4-11(15)12(8-14)7-13-6-10(12)3/h9-11,13,15H,4-8H2,1-3H3. The molecule has 0 bridgehead atoms. The van der Waals surface area contributed by atoms with E-state index in [9.17, 15) is 5.11 Å². The maximum absolute atomic E-state index is 10.3. The van der Waals surface area contributed by atoms with Crippen LogP contribution in [0.3, 0.4) is 0 Å². The minimum atomic E-state index is -0.113. The van der Waals surface area contributed by atoms with Crippen LogP contribution in [-0.2, 0) is 0 Å². The zero-order valence-electron chi connectivity index (χ0n) is 10.2. The molecule has 0 aliphatic carbocycles. The fraction of sp³-hybridized carbons (Fsp3) is 1.00. The molecule has 2 fully saturated rings. The average molecular weight is 212 g/mol. The Morgan fingerprint density at radius 2 is 2.20 bits per heavy atom. The van der Waals surface area contributed by atoms with Crippen LogP contribution in [0, 0.1) is 11.3 Å². The summed E-state index contributed by atoms with van der Waals surface area (Å²) in [6.07, 6.45) is 0.821. The third-order valence-electron chi connectivity index (χ3n) is 4.47. The summed E-state index contributed by atoms with van der Waals surface area (Å²) in [7, 11) is 0. The highest BCUT2D eigenvalue weighted by atomic mass is 16.3. The lowest BCUT2D eigenvalue weighted by atomic mass is 9.70. The fourth-order valence-corrected chi connectivity index (χ4v) is 3.14. The van der Waals surface area contributed by atoms with Gasteiger partial charge in [0.25, 0.3) is 0 Å². The average Bonchev–Trinajstić information content (AvgIpc) is 2.54. The molecule has 15 heavy (non-hydrogen) atoms. The molecule has 3 unspecified atom stereocenters. The second kappa shape index (κ2) is 4.04. The van der Waals surface area contributed by atoms with E-state index in [0.29, 0.717) is 12.0 Å². The van der Waals surface area contributed by atoms with Gasteiger partial charge in [-0.05, 0) is 32.7 Å². The minimum absolute atomic E-state index is 0.113. The Labute approximate surface area is 92.8 Å². The number of aliphatic hydroxyl groups excluding tert-OH is 1. The molecule has 1 spiro atoms. The second-order valence-electron chi connectivity index (χ2n) is 5.63. The molecular formula is C12H24N2O. The van der Waals surface area contributed by atoms with Crippen LogP contribution in [0.2, 0.25) is 0 Å². The van der Waals surface area contributed by atoms with Gasteiger partial charge in [-0.2, -0.15) is 0 Å². The van der Waals surface area contributed by atoms with Gasteiger partial charge in [-0.15, -0.1) is 0 Å². The summed E-state index contributed by atoms with van der Waals surface area (Å²) in [4.78, 5) is 2.51. The van der Waals surface area contributed by atoms with Gasteiger partial charge >= 0.3 is 0 Å². The fourth-order valence-electron chi connectivity index (χ4n) is 3.14. The number of nitrogens with zero attached hydrogens (tertiary/aromatic N) is 1. The van der Waals surface area contributed by atoms with Crippen LogP contribution < -0.4 is 5.32 Å². The largest absolute Gasteiger partial charge is 0.392 e. The summed E-state index contributed by atoms with van der Waals surface area (Å²) in [5, 5.41) is 13.7. The zero-order chi connectivity index (χ0) is 11.1. The Hall–Kier alpha value is -0.120. The first-order valence-electron chi connectivity index (χ1n) is 6.19. The Morgan fingerprint density at radius 3 is 2.73 bits per heavy atom. The van der Waals surface area contributed by atoms with Crippen molar-refractivity contribution in [3.63, 3.8) is 0 Å². The molecule has 0 aromatic carbocycles. The molecule has 2 heterocycles. The van der Waals surface area contributed by atoms with Crippen molar-refractivity contribution < 1.29 is 5.11 Å². The minimum Gasteiger partial charge on any atom is -0.392 e. The highest BCUT2D eigenvalue weighted by Crippen LogP contribution is 2.40. The number of aliphatic hydroxyl groups is 1. The monoisotopic (exact) mass is 212 g/mol. The van der Waals surface area contributed by atoms with Crippen LogP contribution >= 0.6 is 0 Å². The molecule has 0 radical (unpaired) electrons. The van der Waals surface area contributed by atoms with Gasteiger partial charge in [-0.25, -0.2) is 0 Å². The first kappa shape index (κ1) is 11.4. The van der Waals surface area contributed by atoms with Crippen molar-refractivity contribution in [3.05, 3.63) is 0 Å². The van der Waals surface area contributed by atoms with Gasteiger partial charge in [-0.1, -0.05) is 6.92 Å². The summed E-state index contributed by atoms with van der Waals surface area (Å²) in [5.41, 5.74) is 0.114. The van der Waals surface area contributed by atoms with E-state index in [1.807, 2.05) is 0 Å². The molecule has 3 atom stereocenters. The van der Waals surface area contributed by atoms with E-state index in [0.717, 1.165) is 32.6 Å². The van der Waals surface area contributed by atoms with Gasteiger partial charge in [0, 0.05) is 31.1 Å². The molecule has 0 saturated carbocycles. The van der Waals surface area contributed by atoms with Gasteiger partial charge in [-0.3, -0.25) is 0 Å². The summed E-state index contributed by atoms with van der Waals surface area (Å²) >= 11 is 0. The van der Waals surface area contributed by atoms with Crippen LogP contribution in [0.25, 0.3) is 0 Å². The van der Waals surface area contributed by atoms with Crippen molar-refractivity contribution >= 4 is 0 Å².